The molecule has 0 bridgehead atoms. The number of halogens is 6. The van der Waals surface area contributed by atoms with Gasteiger partial charge in [0.05, 0.1) is 63.4 Å². The first kappa shape index (κ1) is 108. The maximum Gasteiger partial charge on any atom is 1.00 e. The van der Waals surface area contributed by atoms with Gasteiger partial charge >= 0.3 is 134 Å². The summed E-state index contributed by atoms with van der Waals surface area (Å²) in [6, 6.07) is 38.4. The molecule has 0 spiro atoms. The van der Waals surface area contributed by atoms with Crippen molar-refractivity contribution in [3.63, 3.8) is 0 Å². The van der Waals surface area contributed by atoms with Crippen LogP contribution in [0, 0.1) is 45.3 Å². The number of amides is 3. The number of ether oxygens (including phenoxy) is 2. The van der Waals surface area contributed by atoms with Crippen molar-refractivity contribution >= 4 is 95.0 Å². The molecule has 2 N–H and O–H groups in total. The minimum atomic E-state index is -4.92. The van der Waals surface area contributed by atoms with Crippen LogP contribution < -0.4 is 113 Å². The molecule has 5 aliphatic heterocycles. The number of aliphatic carboxylic acids is 1. The second kappa shape index (κ2) is 53.5. The summed E-state index contributed by atoms with van der Waals surface area (Å²) < 4.78 is 56.4. The smallest absolute Gasteiger partial charge is 1.00 e. The Morgan fingerprint density at radius 2 is 0.950 bits per heavy atom. The van der Waals surface area contributed by atoms with Gasteiger partial charge in [0.1, 0.15) is 40.6 Å². The van der Waals surface area contributed by atoms with E-state index in [0.29, 0.717) is 84.9 Å². The van der Waals surface area contributed by atoms with E-state index in [1.165, 1.54) is 22.9 Å². The molecule has 0 saturated carbocycles. The minimum absolute atomic E-state index is 0. The molecule has 120 heavy (non-hydrogen) atoms. The van der Waals surface area contributed by atoms with Crippen molar-refractivity contribution in [3.8, 4) is 24.3 Å². The Morgan fingerprint density at radius 3 is 1.23 bits per heavy atom. The minimum Gasteiger partial charge on any atom is -1.00 e. The largest absolute Gasteiger partial charge is 1.00 e. The summed E-state index contributed by atoms with van der Waals surface area (Å²) >= 11 is 14.7. The third-order valence-corrected chi connectivity index (χ3v) is 18.6. The summed E-state index contributed by atoms with van der Waals surface area (Å²) in [5, 5.41) is 55.2. The summed E-state index contributed by atoms with van der Waals surface area (Å²) in [7, 11) is -0.314. The first-order valence-corrected chi connectivity index (χ1v) is 38.9. The zero-order chi connectivity index (χ0) is 88.1. The van der Waals surface area contributed by atoms with Crippen LogP contribution in [0.3, 0.4) is 0 Å². The summed E-state index contributed by atoms with van der Waals surface area (Å²) in [4.78, 5) is 87.8. The van der Waals surface area contributed by atoms with Crippen molar-refractivity contribution < 1.29 is 180 Å². The van der Waals surface area contributed by atoms with Gasteiger partial charge < -0.3 is 55.5 Å². The molecule has 4 aromatic heterocycles. The third kappa shape index (κ3) is 39.7. The molecule has 0 atom stereocenters. The number of carbonyl (C=O) groups excluding carboxylic acids is 5. The van der Waals surface area contributed by atoms with Crippen molar-refractivity contribution in [2.24, 2.45) is 0 Å². The van der Waals surface area contributed by atoms with Crippen LogP contribution in [0.1, 0.15) is 197 Å². The molecule has 11 rings (SSSR count). The fourth-order valence-corrected chi connectivity index (χ4v) is 11.1. The monoisotopic (exact) mass is 1760 g/mol. The number of carbonyl (C=O) groups is 6. The number of hydrogen-bond acceptors (Lipinski definition) is 21. The number of aromatic nitrogens is 4. The molecular weight excluding hydrogens is 1660 g/mol. The van der Waals surface area contributed by atoms with Crippen LogP contribution in [0.15, 0.2) is 152 Å². The first-order chi connectivity index (χ1) is 55.4. The Hall–Kier alpha value is -7.58. The number of pyridine rings is 4. The van der Waals surface area contributed by atoms with E-state index in [-0.39, 0.29) is 154 Å². The Kier molecular flexibility index (Phi) is 48.3. The van der Waals surface area contributed by atoms with Gasteiger partial charge in [-0.2, -0.15) is 34.2 Å². The van der Waals surface area contributed by atoms with E-state index in [0.717, 1.165) is 83.6 Å². The average molecular weight is 1760 g/mol. The predicted molar refractivity (Wildman–Crippen MR) is 443 cm³/mol. The third-order valence-electron chi connectivity index (χ3n) is 18.0. The van der Waals surface area contributed by atoms with Crippen LogP contribution >= 0.6 is 34.8 Å². The van der Waals surface area contributed by atoms with Gasteiger partial charge in [-0.25, -0.2) is 14.6 Å². The van der Waals surface area contributed by atoms with Gasteiger partial charge in [0, 0.05) is 70.6 Å². The van der Waals surface area contributed by atoms with Crippen LogP contribution in [0.4, 0.5) is 22.8 Å². The van der Waals surface area contributed by atoms with Crippen molar-refractivity contribution in [2.75, 3.05) is 52.4 Å². The molecule has 5 aliphatic rings. The van der Waals surface area contributed by atoms with Crippen LogP contribution in [0.5, 0.6) is 0 Å². The standard InChI is InChI=1S/C22H23N3O.C16H28BNO4.C16H19N3O2.C11H11N3.C11H14O2.C6H3ClN2.C3HCl2F3O.CH2O3.2K.H/c1-16(2)19-6-3-17(4-7-19)13-22(26)25-11-9-20(10-12-25)21-8-5-18(14-23)15-24-21;1-14(2,3)20-13(19)18-10-8-12(9-11-18)17-21-15(4,5)16(6,7)22-17;1-16(2,3)21-15(20)19-8-6-13(7-9-19)14-5-4-12(10-17)11-18-14;12-7-9-1-2-11(14-8-9)10-3-5-13-6-4-10;1-8(2)10-5-3-9(4-6-10)7-11(12)13;7-6-2-1-5(3-8)4-9-6;4-2(5)1(9)3(6,7)8;2-1-4-3;;;/h3-9,15-16H,10-13H2,1-2H3;8H,9-11H2,1-7H3;4-6,11H,7-9H2,1-3H3;1-3,8,13H,4-6H2;3-6,8H,7H2,1-2H3,(H,12,13);1-2,4H;2H;1,3H;;;/q;;;;;;;;2*+1;-1/p-1. The number of carboxylic acid groups (broad SMARTS) is 1. The zero-order valence-corrected chi connectivity index (χ0v) is 79.2. The number of nitrogens with one attached hydrogen (secondary N) is 1. The molecular formula is C86H101BCl3F3K2N12O13. The Bertz CT molecular complexity index is 4590. The fraction of sp³-hybridized carbons (Fsp3) is 0.419. The number of Topliss-reactive ketones (excluding diaryl/α,β-unsaturated/α-hetero) is 1. The second-order valence-electron chi connectivity index (χ2n) is 30.5. The van der Waals surface area contributed by atoms with E-state index in [2.05, 4.69) is 130 Å². The van der Waals surface area contributed by atoms with E-state index in [1.54, 1.807) is 52.7 Å². The zero-order valence-electron chi connectivity index (χ0n) is 71.7. The Labute approximate surface area is 803 Å². The number of rotatable bonds is 12. The maximum atomic E-state index is 12.6. The Balaban J connectivity index is 0.000000717. The second-order valence-corrected chi connectivity index (χ2v) is 31.9. The molecule has 6 aromatic rings. The number of benzene rings is 2. The van der Waals surface area contributed by atoms with Gasteiger partial charge in [0.25, 0.3) is 12.3 Å². The molecule has 9 heterocycles. The summed E-state index contributed by atoms with van der Waals surface area (Å²) in [5.74, 6) is -1.76. The number of ketones is 1. The van der Waals surface area contributed by atoms with Crippen molar-refractivity contribution in [2.45, 2.75) is 181 Å². The number of hydrogen-bond donors (Lipinski definition) is 2. The van der Waals surface area contributed by atoms with Crippen LogP contribution in [0.25, 0.3) is 16.7 Å². The van der Waals surface area contributed by atoms with Gasteiger partial charge in [0.15, 0.2) is 4.84 Å². The summed E-state index contributed by atoms with van der Waals surface area (Å²) in [5.41, 5.74) is 12.5. The fourth-order valence-electron chi connectivity index (χ4n) is 10.8. The normalized spacial score (nSPS) is 14.8. The molecule has 630 valence electrons. The van der Waals surface area contributed by atoms with E-state index in [1.807, 2.05) is 147 Å². The van der Waals surface area contributed by atoms with E-state index < -0.39 is 34.0 Å². The first-order valence-electron chi connectivity index (χ1n) is 37.6. The molecule has 34 heteroatoms. The maximum absolute atomic E-state index is 12.6. The average Bonchev–Trinajstić information content (AvgIpc) is 1.62. The molecule has 25 nitrogen and oxygen atoms in total. The Morgan fingerprint density at radius 1 is 0.583 bits per heavy atom. The van der Waals surface area contributed by atoms with E-state index in [9.17, 15) is 37.1 Å². The van der Waals surface area contributed by atoms with E-state index in [4.69, 9.17) is 66.6 Å². The number of carboxylic acids is 1. The summed E-state index contributed by atoms with van der Waals surface area (Å²) in [6.07, 6.45) is 12.8. The molecule has 0 radical (unpaired) electrons. The molecule has 2 aromatic carbocycles. The van der Waals surface area contributed by atoms with Gasteiger partial charge in [-0.1, -0.05) is 135 Å². The molecule has 1 saturated heterocycles. The topological polar surface area (TPSA) is 360 Å². The van der Waals surface area contributed by atoms with Gasteiger partial charge in [-0.3, -0.25) is 34.1 Å². The van der Waals surface area contributed by atoms with Gasteiger partial charge in [0.2, 0.25) is 5.91 Å². The summed E-state index contributed by atoms with van der Waals surface area (Å²) in [6.45, 7) is 33.3. The molecule has 1 fully saturated rings. The SMILES string of the molecule is CC(C)(C)OC(=O)N1CC=C(B2OC(C)(C)C(C)(C)O2)CC1.CC(C)(C)OC(=O)N1CC=C(c2ccc(C#N)cn2)CC1.CC(C)c1ccc(CC(=O)N2CC=C(c3ccc(C#N)cn3)CC2)cc1.CC(C)c1ccc(CC(=O)O)cc1.N#Cc1ccc(C2=CCNCC2)nc1.N#Cc1ccc(Cl)nc1.O=C(C(Cl)Cl)C(F)(F)F.O=CO[O-].[H-].[K+].[K+]. The van der Waals surface area contributed by atoms with Gasteiger partial charge in [-0.15, -0.1) is 0 Å². The van der Waals surface area contributed by atoms with Crippen molar-refractivity contribution in [1.82, 2.24) is 40.0 Å². The van der Waals surface area contributed by atoms with Crippen LogP contribution in [-0.4, -0.2) is 169 Å². The molecule has 3 amide bonds. The van der Waals surface area contributed by atoms with Gasteiger partial charge in [-0.05, 0) is 206 Å². The molecule has 0 aliphatic carbocycles. The number of nitrogens with zero attached hydrogens (tertiary/aromatic N) is 11. The van der Waals surface area contributed by atoms with Crippen molar-refractivity contribution in [1.29, 1.82) is 21.0 Å². The predicted octanol–water partition coefficient (Wildman–Crippen LogP) is 9.95. The van der Waals surface area contributed by atoms with Crippen LogP contribution in [0.2, 0.25) is 5.15 Å². The number of nitriles is 4. The van der Waals surface area contributed by atoms with Crippen molar-refractivity contribution in [3.05, 3.63) is 218 Å². The molecule has 0 unspecified atom stereocenters. The van der Waals surface area contributed by atoms with E-state index >= 15 is 0 Å². The quantitative estimate of drug-likeness (QED) is 0.0287. The number of alkyl halides is 5. The van der Waals surface area contributed by atoms with Crippen LogP contribution in [-0.2, 0) is 55.7 Å².